The second kappa shape index (κ2) is 4.67. The number of nitrogens with one attached hydrogen (secondary N) is 1. The highest BCUT2D eigenvalue weighted by atomic mass is 16.2. The minimum Gasteiger partial charge on any atom is -0.309 e. The Balaban J connectivity index is 2.12. The molecule has 2 aliphatic rings. The highest BCUT2D eigenvalue weighted by molar-refractivity contribution is 6.07. The first kappa shape index (κ1) is 12.4. The molecule has 0 aromatic heterocycles. The van der Waals surface area contributed by atoms with Crippen molar-refractivity contribution in [3.05, 3.63) is 0 Å². The Morgan fingerprint density at radius 1 is 1.35 bits per heavy atom. The molecule has 0 bridgehead atoms. The van der Waals surface area contributed by atoms with Gasteiger partial charge in [-0.3, -0.25) is 10.1 Å². The molecule has 1 atom stereocenters. The maximum atomic E-state index is 12.0. The van der Waals surface area contributed by atoms with Crippen molar-refractivity contribution >= 4 is 11.9 Å². The number of nitrogens with zero attached hydrogens (tertiary/aromatic N) is 1. The Bertz CT molecular complexity index is 321. The second-order valence-electron chi connectivity index (χ2n) is 5.50. The molecular formula is C13H22N2O2. The van der Waals surface area contributed by atoms with Gasteiger partial charge in [-0.05, 0) is 25.2 Å². The molecule has 1 heterocycles. The molecule has 1 N–H and O–H groups in total. The van der Waals surface area contributed by atoms with Gasteiger partial charge in [0.15, 0.2) is 0 Å². The van der Waals surface area contributed by atoms with Gasteiger partial charge in [-0.1, -0.05) is 33.1 Å². The van der Waals surface area contributed by atoms with Crippen molar-refractivity contribution in [2.24, 2.45) is 5.92 Å². The number of urea groups is 1. The SMILES string of the molecule is CCCC(C)CN1C(=O)NC(=O)C12CCCC2. The van der Waals surface area contributed by atoms with E-state index in [1.807, 2.05) is 4.90 Å². The van der Waals surface area contributed by atoms with Gasteiger partial charge in [0.05, 0.1) is 0 Å². The average Bonchev–Trinajstić information content (AvgIpc) is 2.83. The summed E-state index contributed by atoms with van der Waals surface area (Å²) in [4.78, 5) is 25.7. The van der Waals surface area contributed by atoms with Crippen LogP contribution in [0, 0.1) is 5.92 Å². The zero-order valence-corrected chi connectivity index (χ0v) is 10.8. The van der Waals surface area contributed by atoms with Crippen molar-refractivity contribution in [2.75, 3.05) is 6.54 Å². The number of hydrogen-bond donors (Lipinski definition) is 1. The molecule has 3 amide bonds. The molecule has 1 spiro atoms. The van der Waals surface area contributed by atoms with Crippen LogP contribution < -0.4 is 5.32 Å². The molecule has 0 aromatic rings. The number of carbonyl (C=O) groups is 2. The van der Waals surface area contributed by atoms with Gasteiger partial charge in [0.2, 0.25) is 0 Å². The lowest BCUT2D eigenvalue weighted by Crippen LogP contribution is -2.48. The van der Waals surface area contributed by atoms with Crippen molar-refractivity contribution in [1.82, 2.24) is 10.2 Å². The van der Waals surface area contributed by atoms with E-state index < -0.39 is 5.54 Å². The third-order valence-electron chi connectivity index (χ3n) is 4.11. The molecular weight excluding hydrogens is 216 g/mol. The lowest BCUT2D eigenvalue weighted by molar-refractivity contribution is -0.126. The van der Waals surface area contributed by atoms with Crippen LogP contribution >= 0.6 is 0 Å². The van der Waals surface area contributed by atoms with E-state index in [2.05, 4.69) is 19.2 Å². The van der Waals surface area contributed by atoms with Gasteiger partial charge < -0.3 is 4.90 Å². The minimum absolute atomic E-state index is 0.0660. The molecule has 1 aliphatic carbocycles. The molecule has 4 heteroatoms. The number of rotatable bonds is 4. The fraction of sp³-hybridized carbons (Fsp3) is 0.846. The molecule has 0 aromatic carbocycles. The predicted molar refractivity (Wildman–Crippen MR) is 65.5 cm³/mol. The summed E-state index contributed by atoms with van der Waals surface area (Å²) in [6.07, 6.45) is 6.01. The Hall–Kier alpha value is -1.06. The smallest absolute Gasteiger partial charge is 0.309 e. The number of imide groups is 1. The van der Waals surface area contributed by atoms with Crippen molar-refractivity contribution < 1.29 is 9.59 Å². The summed E-state index contributed by atoms with van der Waals surface area (Å²) >= 11 is 0. The summed E-state index contributed by atoms with van der Waals surface area (Å²) in [5.41, 5.74) is -0.501. The van der Waals surface area contributed by atoms with Gasteiger partial charge >= 0.3 is 6.03 Å². The monoisotopic (exact) mass is 238 g/mol. The van der Waals surface area contributed by atoms with E-state index in [9.17, 15) is 9.59 Å². The Morgan fingerprint density at radius 3 is 2.59 bits per heavy atom. The summed E-state index contributed by atoms with van der Waals surface area (Å²) in [7, 11) is 0. The van der Waals surface area contributed by atoms with Crippen LogP contribution in [0.15, 0.2) is 0 Å². The molecule has 1 saturated carbocycles. The molecule has 1 aliphatic heterocycles. The first-order valence-electron chi connectivity index (χ1n) is 6.73. The third kappa shape index (κ3) is 2.05. The van der Waals surface area contributed by atoms with Crippen LogP contribution in [0.5, 0.6) is 0 Å². The van der Waals surface area contributed by atoms with Crippen molar-refractivity contribution in [3.63, 3.8) is 0 Å². The molecule has 17 heavy (non-hydrogen) atoms. The lowest BCUT2D eigenvalue weighted by atomic mass is 9.94. The zero-order chi connectivity index (χ0) is 12.5. The second-order valence-corrected chi connectivity index (χ2v) is 5.50. The quantitative estimate of drug-likeness (QED) is 0.764. The van der Waals surface area contributed by atoms with Crippen molar-refractivity contribution in [1.29, 1.82) is 0 Å². The van der Waals surface area contributed by atoms with Crippen LogP contribution in [0.1, 0.15) is 52.4 Å². The van der Waals surface area contributed by atoms with Gasteiger partial charge in [-0.25, -0.2) is 4.79 Å². The standard InChI is InChI=1S/C13H22N2O2/c1-3-6-10(2)9-15-12(17)14-11(16)13(15)7-4-5-8-13/h10H,3-9H2,1-2H3,(H,14,16,17). The molecule has 0 radical (unpaired) electrons. The van der Waals surface area contributed by atoms with Crippen LogP contribution in [0.2, 0.25) is 0 Å². The summed E-state index contributed by atoms with van der Waals surface area (Å²) < 4.78 is 0. The van der Waals surface area contributed by atoms with Crippen molar-refractivity contribution in [3.8, 4) is 0 Å². The molecule has 2 rings (SSSR count). The third-order valence-corrected chi connectivity index (χ3v) is 4.11. The van der Waals surface area contributed by atoms with Crippen LogP contribution in [0.4, 0.5) is 4.79 Å². The molecule has 1 saturated heterocycles. The molecule has 4 nitrogen and oxygen atoms in total. The van der Waals surface area contributed by atoms with Gasteiger partial charge in [0, 0.05) is 6.54 Å². The largest absolute Gasteiger partial charge is 0.325 e. The first-order valence-corrected chi connectivity index (χ1v) is 6.73. The van der Waals surface area contributed by atoms with Crippen LogP contribution in [0.3, 0.4) is 0 Å². The van der Waals surface area contributed by atoms with Crippen LogP contribution in [0.25, 0.3) is 0 Å². The van der Waals surface area contributed by atoms with Crippen molar-refractivity contribution in [2.45, 2.75) is 57.9 Å². The Labute approximate surface area is 103 Å². The number of hydrogen-bond acceptors (Lipinski definition) is 2. The fourth-order valence-electron chi connectivity index (χ4n) is 3.21. The highest BCUT2D eigenvalue weighted by Crippen LogP contribution is 2.39. The van der Waals surface area contributed by atoms with Crippen LogP contribution in [-0.2, 0) is 4.79 Å². The summed E-state index contributed by atoms with van der Waals surface area (Å²) in [6.45, 7) is 5.02. The Kier molecular flexibility index (Phi) is 3.40. The predicted octanol–water partition coefficient (Wildman–Crippen LogP) is 2.29. The highest BCUT2D eigenvalue weighted by Gasteiger charge is 2.53. The van der Waals surface area contributed by atoms with E-state index in [0.29, 0.717) is 12.5 Å². The van der Waals surface area contributed by atoms with E-state index in [-0.39, 0.29) is 11.9 Å². The normalized spacial score (nSPS) is 24.5. The maximum absolute atomic E-state index is 12.0. The average molecular weight is 238 g/mol. The lowest BCUT2D eigenvalue weighted by Gasteiger charge is -2.33. The van der Waals surface area contributed by atoms with E-state index in [4.69, 9.17) is 0 Å². The van der Waals surface area contributed by atoms with Gasteiger partial charge in [0.25, 0.3) is 5.91 Å². The van der Waals surface area contributed by atoms with Gasteiger partial charge in [-0.15, -0.1) is 0 Å². The molecule has 96 valence electrons. The van der Waals surface area contributed by atoms with Gasteiger partial charge in [-0.2, -0.15) is 0 Å². The van der Waals surface area contributed by atoms with E-state index in [1.165, 1.54) is 0 Å². The van der Waals surface area contributed by atoms with Gasteiger partial charge in [0.1, 0.15) is 5.54 Å². The summed E-state index contributed by atoms with van der Waals surface area (Å²) in [5, 5.41) is 2.50. The molecule has 2 fully saturated rings. The van der Waals surface area contributed by atoms with E-state index in [1.54, 1.807) is 0 Å². The maximum Gasteiger partial charge on any atom is 0.325 e. The molecule has 1 unspecified atom stereocenters. The number of carbonyl (C=O) groups excluding carboxylic acids is 2. The van der Waals surface area contributed by atoms with E-state index >= 15 is 0 Å². The minimum atomic E-state index is -0.501. The van der Waals surface area contributed by atoms with Crippen LogP contribution in [-0.4, -0.2) is 28.9 Å². The fourth-order valence-corrected chi connectivity index (χ4v) is 3.21. The topological polar surface area (TPSA) is 49.4 Å². The Morgan fingerprint density at radius 2 is 2.00 bits per heavy atom. The number of amides is 3. The summed E-state index contributed by atoms with van der Waals surface area (Å²) in [5.74, 6) is 0.401. The zero-order valence-electron chi connectivity index (χ0n) is 10.8. The van der Waals surface area contributed by atoms with E-state index in [0.717, 1.165) is 38.5 Å². The summed E-state index contributed by atoms with van der Waals surface area (Å²) in [6, 6.07) is -0.181. The first-order chi connectivity index (χ1) is 8.10.